The lowest BCUT2D eigenvalue weighted by Crippen LogP contribution is -2.62. The van der Waals surface area contributed by atoms with E-state index in [4.69, 9.17) is 25.8 Å². The molecule has 1 fully saturated rings. The van der Waals surface area contributed by atoms with Crippen molar-refractivity contribution in [2.75, 3.05) is 7.11 Å². The van der Waals surface area contributed by atoms with Crippen LogP contribution in [0, 0.1) is 0 Å². The zero-order chi connectivity index (χ0) is 20.9. The number of carbonyl (C=O) groups is 1. The molecule has 5 atom stereocenters. The Labute approximate surface area is 176 Å². The fourth-order valence-electron chi connectivity index (χ4n) is 3.82. The summed E-state index contributed by atoms with van der Waals surface area (Å²) in [5.74, 6) is -1.96. The van der Waals surface area contributed by atoms with Gasteiger partial charge in [0.25, 0.3) is 0 Å². The standard InChI is InChI=1S/C20H21ClO7S/c1-9-16(22)17(23)18(24)20(28-9)13-6-10(14(21)7-11(13)8-27-20)5-12-3-4-15(29-12)19(25)26-2/h3-4,6-7,9,16-18,22-24H,5,8H2,1-2H3/t9-,16-,17+,18-,20+/m1/s1. The molecule has 2 aliphatic heterocycles. The van der Waals surface area contributed by atoms with Crippen LogP contribution < -0.4 is 0 Å². The molecule has 1 aromatic carbocycles. The molecule has 7 nitrogen and oxygen atoms in total. The number of hydrogen-bond donors (Lipinski definition) is 3. The van der Waals surface area contributed by atoms with E-state index < -0.39 is 36.2 Å². The van der Waals surface area contributed by atoms with Gasteiger partial charge in [0.05, 0.1) is 19.8 Å². The number of rotatable bonds is 3. The second kappa shape index (κ2) is 7.63. The normalized spacial score (nSPS) is 31.1. The van der Waals surface area contributed by atoms with Gasteiger partial charge in [0.15, 0.2) is 0 Å². The van der Waals surface area contributed by atoms with Gasteiger partial charge in [-0.05, 0) is 42.3 Å². The molecule has 1 saturated heterocycles. The average molecular weight is 441 g/mol. The van der Waals surface area contributed by atoms with E-state index in [-0.39, 0.29) is 6.61 Å². The first-order valence-corrected chi connectivity index (χ1v) is 10.3. The predicted molar refractivity (Wildman–Crippen MR) is 105 cm³/mol. The molecule has 0 radical (unpaired) electrons. The van der Waals surface area contributed by atoms with Crippen LogP contribution in [0.25, 0.3) is 0 Å². The van der Waals surface area contributed by atoms with Crippen molar-refractivity contribution >= 4 is 28.9 Å². The molecule has 0 unspecified atom stereocenters. The van der Waals surface area contributed by atoms with Crippen LogP contribution in [-0.2, 0) is 33.0 Å². The average Bonchev–Trinajstić information content (AvgIpc) is 3.30. The zero-order valence-electron chi connectivity index (χ0n) is 15.8. The predicted octanol–water partition coefficient (Wildman–Crippen LogP) is 1.96. The lowest BCUT2D eigenvalue weighted by molar-refractivity contribution is -0.362. The molecular weight excluding hydrogens is 420 g/mol. The van der Waals surface area contributed by atoms with Crippen molar-refractivity contribution in [3.8, 4) is 0 Å². The van der Waals surface area contributed by atoms with Crippen molar-refractivity contribution in [2.45, 2.75) is 50.2 Å². The number of methoxy groups -OCH3 is 1. The molecule has 29 heavy (non-hydrogen) atoms. The first-order valence-electron chi connectivity index (χ1n) is 9.11. The van der Waals surface area contributed by atoms with Crippen molar-refractivity contribution in [3.05, 3.63) is 55.7 Å². The number of fused-ring (bicyclic) bond motifs is 2. The van der Waals surface area contributed by atoms with Crippen LogP contribution in [0.15, 0.2) is 24.3 Å². The number of thiophene rings is 1. The molecule has 9 heteroatoms. The van der Waals surface area contributed by atoms with Gasteiger partial charge in [-0.1, -0.05) is 11.6 Å². The molecular formula is C20H21ClO7S. The minimum Gasteiger partial charge on any atom is -0.465 e. The Morgan fingerprint density at radius 1 is 1.31 bits per heavy atom. The highest BCUT2D eigenvalue weighted by atomic mass is 35.5. The molecule has 3 heterocycles. The summed E-state index contributed by atoms with van der Waals surface area (Å²) in [5, 5.41) is 31.5. The molecule has 156 valence electrons. The van der Waals surface area contributed by atoms with Crippen LogP contribution >= 0.6 is 22.9 Å². The third-order valence-electron chi connectivity index (χ3n) is 5.41. The van der Waals surface area contributed by atoms with E-state index in [0.29, 0.717) is 21.9 Å². The Morgan fingerprint density at radius 2 is 2.07 bits per heavy atom. The van der Waals surface area contributed by atoms with Crippen molar-refractivity contribution in [1.82, 2.24) is 0 Å². The van der Waals surface area contributed by atoms with E-state index >= 15 is 0 Å². The van der Waals surface area contributed by atoms with Gasteiger partial charge in [0.2, 0.25) is 5.79 Å². The van der Waals surface area contributed by atoms with Crippen LogP contribution in [0.1, 0.15) is 38.2 Å². The summed E-state index contributed by atoms with van der Waals surface area (Å²) in [4.78, 5) is 13.1. The van der Waals surface area contributed by atoms with E-state index in [0.717, 1.165) is 16.0 Å². The number of hydrogen-bond acceptors (Lipinski definition) is 8. The second-order valence-electron chi connectivity index (χ2n) is 7.24. The molecule has 2 aromatic rings. The topological polar surface area (TPSA) is 105 Å². The van der Waals surface area contributed by atoms with Crippen molar-refractivity contribution in [2.24, 2.45) is 0 Å². The van der Waals surface area contributed by atoms with E-state index in [2.05, 4.69) is 0 Å². The third kappa shape index (κ3) is 3.38. The first-order chi connectivity index (χ1) is 13.8. The summed E-state index contributed by atoms with van der Waals surface area (Å²) in [7, 11) is 1.33. The van der Waals surface area contributed by atoms with E-state index in [1.807, 2.05) is 6.07 Å². The molecule has 4 rings (SSSR count). The number of halogens is 1. The summed E-state index contributed by atoms with van der Waals surface area (Å²) in [6, 6.07) is 7.09. The van der Waals surface area contributed by atoms with Crippen molar-refractivity contribution in [3.63, 3.8) is 0 Å². The molecule has 2 aliphatic rings. The highest BCUT2D eigenvalue weighted by Gasteiger charge is 2.57. The van der Waals surface area contributed by atoms with Crippen LogP contribution in [0.4, 0.5) is 0 Å². The fraction of sp³-hybridized carbons (Fsp3) is 0.450. The maximum absolute atomic E-state index is 11.7. The molecule has 1 spiro atoms. The number of carbonyl (C=O) groups excluding carboxylic acids is 1. The molecule has 3 N–H and O–H groups in total. The number of ether oxygens (including phenoxy) is 3. The Morgan fingerprint density at radius 3 is 2.79 bits per heavy atom. The van der Waals surface area contributed by atoms with E-state index in [9.17, 15) is 20.1 Å². The first kappa shape index (κ1) is 20.7. The quantitative estimate of drug-likeness (QED) is 0.626. The lowest BCUT2D eigenvalue weighted by atomic mass is 9.87. The maximum atomic E-state index is 11.7. The van der Waals surface area contributed by atoms with Crippen LogP contribution in [0.3, 0.4) is 0 Å². The number of esters is 1. The summed E-state index contributed by atoms with van der Waals surface area (Å²) in [5.41, 5.74) is 2.08. The minimum atomic E-state index is -1.57. The van der Waals surface area contributed by atoms with Crippen molar-refractivity contribution in [1.29, 1.82) is 0 Å². The van der Waals surface area contributed by atoms with E-state index in [1.54, 1.807) is 25.1 Å². The summed E-state index contributed by atoms with van der Waals surface area (Å²) in [6.45, 7) is 1.77. The second-order valence-corrected chi connectivity index (χ2v) is 8.82. The summed E-state index contributed by atoms with van der Waals surface area (Å²) >= 11 is 7.78. The lowest BCUT2D eigenvalue weighted by Gasteiger charge is -2.45. The van der Waals surface area contributed by atoms with Gasteiger partial charge in [-0.2, -0.15) is 0 Å². The SMILES string of the molecule is COC(=O)c1ccc(Cc2cc3c(cc2Cl)CO[C@]32O[C@H](C)[C@@H](O)[C@H](O)[C@H]2O)s1. The van der Waals surface area contributed by atoms with Gasteiger partial charge in [-0.15, -0.1) is 11.3 Å². The molecule has 0 aliphatic carbocycles. The molecule has 0 saturated carbocycles. The molecule has 0 amide bonds. The third-order valence-corrected chi connectivity index (χ3v) is 6.82. The number of benzene rings is 1. The number of aliphatic hydroxyl groups is 3. The maximum Gasteiger partial charge on any atom is 0.348 e. The van der Waals surface area contributed by atoms with Gasteiger partial charge in [-0.25, -0.2) is 4.79 Å². The molecule has 1 aromatic heterocycles. The van der Waals surface area contributed by atoms with Gasteiger partial charge in [-0.3, -0.25) is 0 Å². The highest BCUT2D eigenvalue weighted by Crippen LogP contribution is 2.47. The van der Waals surface area contributed by atoms with Crippen molar-refractivity contribution < 1.29 is 34.3 Å². The van der Waals surface area contributed by atoms with Crippen LogP contribution in [0.2, 0.25) is 5.02 Å². The monoisotopic (exact) mass is 440 g/mol. The van der Waals surface area contributed by atoms with Gasteiger partial charge >= 0.3 is 5.97 Å². The van der Waals surface area contributed by atoms with Gasteiger partial charge in [0, 0.05) is 21.9 Å². The van der Waals surface area contributed by atoms with E-state index in [1.165, 1.54) is 18.4 Å². The Balaban J connectivity index is 1.69. The largest absolute Gasteiger partial charge is 0.465 e. The van der Waals surface area contributed by atoms with Gasteiger partial charge < -0.3 is 29.5 Å². The smallest absolute Gasteiger partial charge is 0.348 e. The van der Waals surface area contributed by atoms with Gasteiger partial charge in [0.1, 0.15) is 23.2 Å². The minimum absolute atomic E-state index is 0.160. The molecule has 0 bridgehead atoms. The van der Waals surface area contributed by atoms with Crippen LogP contribution in [0.5, 0.6) is 0 Å². The zero-order valence-corrected chi connectivity index (χ0v) is 17.4. The Hall–Kier alpha value is -1.52. The van der Waals surface area contributed by atoms with Crippen LogP contribution in [-0.4, -0.2) is 52.8 Å². The Kier molecular flexibility index (Phi) is 5.45. The summed E-state index contributed by atoms with van der Waals surface area (Å²) in [6.07, 6.45) is -4.38. The number of aliphatic hydroxyl groups excluding tert-OH is 3. The Bertz CT molecular complexity index is 945. The fourth-order valence-corrected chi connectivity index (χ4v) is 5.02. The summed E-state index contributed by atoms with van der Waals surface area (Å²) < 4.78 is 16.4. The highest BCUT2D eigenvalue weighted by molar-refractivity contribution is 7.13.